The normalized spacial score (nSPS) is 13.7. The van der Waals surface area contributed by atoms with Crippen molar-refractivity contribution in [1.29, 1.82) is 5.26 Å². The Morgan fingerprint density at radius 1 is 1.26 bits per heavy atom. The largest absolute Gasteiger partial charge is 0.331 e. The third-order valence-corrected chi connectivity index (χ3v) is 4.20. The minimum atomic E-state index is -0.414. The Morgan fingerprint density at radius 3 is 2.89 bits per heavy atom. The van der Waals surface area contributed by atoms with E-state index in [0.29, 0.717) is 11.3 Å². The third kappa shape index (κ3) is 2.59. The first-order valence-corrected chi connectivity index (χ1v) is 7.02. The number of fused-ring (bicyclic) bond motifs is 1. The predicted octanol–water partition coefficient (Wildman–Crippen LogP) is 3.78. The summed E-state index contributed by atoms with van der Waals surface area (Å²) in [7, 11) is 0. The number of benzene rings is 1. The molecule has 0 bridgehead atoms. The molecule has 1 aliphatic rings. The molecule has 19 heavy (non-hydrogen) atoms. The van der Waals surface area contributed by atoms with E-state index in [9.17, 15) is 4.39 Å². The molecule has 1 aliphatic carbocycles. The van der Waals surface area contributed by atoms with Crippen molar-refractivity contribution in [3.63, 3.8) is 0 Å². The van der Waals surface area contributed by atoms with Crippen LogP contribution in [0.2, 0.25) is 0 Å². The molecule has 1 heterocycles. The zero-order valence-corrected chi connectivity index (χ0v) is 11.1. The van der Waals surface area contributed by atoms with E-state index in [-0.39, 0.29) is 0 Å². The van der Waals surface area contributed by atoms with E-state index < -0.39 is 5.82 Å². The molecule has 0 saturated heterocycles. The lowest BCUT2D eigenvalue weighted by Crippen LogP contribution is -1.99. The van der Waals surface area contributed by atoms with Crippen molar-refractivity contribution >= 4 is 22.2 Å². The summed E-state index contributed by atoms with van der Waals surface area (Å²) in [6.07, 6.45) is 4.52. The minimum absolute atomic E-state index is 0.309. The van der Waals surface area contributed by atoms with Gasteiger partial charge in [0.1, 0.15) is 5.82 Å². The molecule has 1 aromatic carbocycles. The zero-order valence-electron chi connectivity index (χ0n) is 10.2. The molecule has 3 nitrogen and oxygen atoms in total. The molecule has 0 saturated carbocycles. The summed E-state index contributed by atoms with van der Waals surface area (Å²) in [6.45, 7) is 0. The first-order chi connectivity index (χ1) is 9.24. The monoisotopic (exact) mass is 273 g/mol. The number of nitrogens with one attached hydrogen (secondary N) is 1. The van der Waals surface area contributed by atoms with Crippen molar-refractivity contribution < 1.29 is 4.39 Å². The molecule has 1 N–H and O–H groups in total. The van der Waals surface area contributed by atoms with Crippen LogP contribution < -0.4 is 5.32 Å². The average Bonchev–Trinajstić information content (AvgIpc) is 2.80. The number of rotatable bonds is 2. The molecule has 0 atom stereocenters. The summed E-state index contributed by atoms with van der Waals surface area (Å²) >= 11 is 1.62. The van der Waals surface area contributed by atoms with Crippen LogP contribution >= 0.6 is 11.3 Å². The van der Waals surface area contributed by atoms with Gasteiger partial charge in [0, 0.05) is 10.6 Å². The molecule has 3 rings (SSSR count). The number of nitriles is 1. The van der Waals surface area contributed by atoms with Gasteiger partial charge in [0.05, 0.1) is 17.3 Å². The number of aromatic nitrogens is 1. The quantitative estimate of drug-likeness (QED) is 0.906. The highest BCUT2D eigenvalue weighted by atomic mass is 32.1. The van der Waals surface area contributed by atoms with Crippen LogP contribution in [-0.4, -0.2) is 4.98 Å². The number of hydrogen-bond donors (Lipinski definition) is 1. The highest BCUT2D eigenvalue weighted by molar-refractivity contribution is 7.15. The van der Waals surface area contributed by atoms with E-state index in [0.717, 1.165) is 23.7 Å². The Bertz CT molecular complexity index is 634. The van der Waals surface area contributed by atoms with Gasteiger partial charge in [0.15, 0.2) is 5.13 Å². The van der Waals surface area contributed by atoms with Crippen LogP contribution in [0.3, 0.4) is 0 Å². The maximum Gasteiger partial charge on any atom is 0.187 e. The highest BCUT2D eigenvalue weighted by Crippen LogP contribution is 2.31. The van der Waals surface area contributed by atoms with E-state index in [4.69, 9.17) is 5.26 Å². The van der Waals surface area contributed by atoms with E-state index in [1.807, 2.05) is 6.07 Å². The molecular formula is C14H12FN3S. The number of hydrogen-bond acceptors (Lipinski definition) is 4. The van der Waals surface area contributed by atoms with E-state index in [2.05, 4.69) is 10.3 Å². The van der Waals surface area contributed by atoms with Crippen molar-refractivity contribution in [2.24, 2.45) is 0 Å². The molecule has 5 heteroatoms. The van der Waals surface area contributed by atoms with Crippen molar-refractivity contribution in [2.75, 3.05) is 5.32 Å². The van der Waals surface area contributed by atoms with Gasteiger partial charge < -0.3 is 5.32 Å². The fraction of sp³-hybridized carbons (Fsp3) is 0.286. The van der Waals surface area contributed by atoms with E-state index in [1.54, 1.807) is 17.4 Å². The van der Waals surface area contributed by atoms with Gasteiger partial charge in [-0.3, -0.25) is 0 Å². The van der Waals surface area contributed by atoms with Gasteiger partial charge in [0.2, 0.25) is 0 Å². The Balaban J connectivity index is 1.87. The van der Waals surface area contributed by atoms with Crippen LogP contribution in [0.25, 0.3) is 0 Å². The lowest BCUT2D eigenvalue weighted by atomic mass is 10.0. The summed E-state index contributed by atoms with van der Waals surface area (Å²) in [6, 6.07) is 6.17. The maximum absolute atomic E-state index is 13.3. The van der Waals surface area contributed by atoms with E-state index in [1.165, 1.54) is 29.9 Å². The van der Waals surface area contributed by atoms with Crippen LogP contribution in [0.4, 0.5) is 15.2 Å². The summed E-state index contributed by atoms with van der Waals surface area (Å²) in [4.78, 5) is 5.86. The Kier molecular flexibility index (Phi) is 3.18. The number of thiazole rings is 1. The molecule has 0 radical (unpaired) electrons. The molecule has 96 valence electrons. The molecular weight excluding hydrogens is 261 g/mol. The van der Waals surface area contributed by atoms with Crippen LogP contribution in [-0.2, 0) is 12.8 Å². The van der Waals surface area contributed by atoms with Crippen LogP contribution in [0, 0.1) is 17.1 Å². The minimum Gasteiger partial charge on any atom is -0.331 e. The smallest absolute Gasteiger partial charge is 0.187 e. The standard InChI is InChI=1S/C14H12FN3S/c15-10-5-9(8-16)6-11(7-10)17-14-18-12-3-1-2-4-13(12)19-14/h5-7H,1-4H2,(H,17,18). The van der Waals surface area contributed by atoms with Crippen LogP contribution in [0.1, 0.15) is 29.0 Å². The Hall–Kier alpha value is -1.93. The number of nitrogens with zero attached hydrogens (tertiary/aromatic N) is 2. The van der Waals surface area contributed by atoms with Gasteiger partial charge in [-0.2, -0.15) is 5.26 Å². The highest BCUT2D eigenvalue weighted by Gasteiger charge is 2.15. The number of halogens is 1. The van der Waals surface area contributed by atoms with Gasteiger partial charge in [-0.1, -0.05) is 0 Å². The summed E-state index contributed by atoms with van der Waals surface area (Å²) < 4.78 is 13.3. The Morgan fingerprint density at radius 2 is 2.11 bits per heavy atom. The van der Waals surface area contributed by atoms with Crippen molar-refractivity contribution in [3.05, 3.63) is 40.2 Å². The maximum atomic E-state index is 13.3. The second-order valence-corrected chi connectivity index (χ2v) is 5.65. The molecule has 2 aromatic rings. The lowest BCUT2D eigenvalue weighted by Gasteiger charge is -2.06. The second-order valence-electron chi connectivity index (χ2n) is 4.56. The van der Waals surface area contributed by atoms with Gasteiger partial charge in [-0.05, 0) is 43.9 Å². The molecule has 0 aliphatic heterocycles. The molecule has 0 unspecified atom stereocenters. The summed E-state index contributed by atoms with van der Waals surface area (Å²) in [5, 5.41) is 12.7. The average molecular weight is 273 g/mol. The third-order valence-electron chi connectivity index (χ3n) is 3.12. The van der Waals surface area contributed by atoms with Gasteiger partial charge >= 0.3 is 0 Å². The summed E-state index contributed by atoms with van der Waals surface area (Å²) in [5.41, 5.74) is 2.04. The van der Waals surface area contributed by atoms with Crippen LogP contribution in [0.5, 0.6) is 0 Å². The number of aryl methyl sites for hydroxylation is 2. The second kappa shape index (κ2) is 4.98. The molecule has 0 amide bonds. The van der Waals surface area contributed by atoms with Crippen LogP contribution in [0.15, 0.2) is 18.2 Å². The van der Waals surface area contributed by atoms with Gasteiger partial charge in [-0.25, -0.2) is 9.37 Å². The first kappa shape index (κ1) is 12.1. The topological polar surface area (TPSA) is 48.7 Å². The van der Waals surface area contributed by atoms with Crippen molar-refractivity contribution in [3.8, 4) is 6.07 Å². The molecule has 0 fully saturated rings. The fourth-order valence-corrected chi connectivity index (χ4v) is 3.33. The molecule has 1 aromatic heterocycles. The number of anilines is 2. The molecule has 0 spiro atoms. The first-order valence-electron chi connectivity index (χ1n) is 6.21. The Labute approximate surface area is 114 Å². The lowest BCUT2D eigenvalue weighted by molar-refractivity contribution is 0.628. The van der Waals surface area contributed by atoms with Gasteiger partial charge in [0.25, 0.3) is 0 Å². The van der Waals surface area contributed by atoms with Crippen molar-refractivity contribution in [2.45, 2.75) is 25.7 Å². The van der Waals surface area contributed by atoms with Crippen molar-refractivity contribution in [1.82, 2.24) is 4.98 Å². The van der Waals surface area contributed by atoms with E-state index >= 15 is 0 Å². The summed E-state index contributed by atoms with van der Waals surface area (Å²) in [5.74, 6) is -0.414. The van der Waals surface area contributed by atoms with Gasteiger partial charge in [-0.15, -0.1) is 11.3 Å². The SMILES string of the molecule is N#Cc1cc(F)cc(Nc2nc3c(s2)CCCC3)c1. The predicted molar refractivity (Wildman–Crippen MR) is 73.2 cm³/mol. The fourth-order valence-electron chi connectivity index (χ4n) is 2.26. The zero-order chi connectivity index (χ0) is 13.2.